The van der Waals surface area contributed by atoms with Crippen LogP contribution in [0.5, 0.6) is 0 Å². The average molecular weight is 296 g/mol. The van der Waals surface area contributed by atoms with Crippen molar-refractivity contribution in [3.05, 3.63) is 30.1 Å². The van der Waals surface area contributed by atoms with Crippen molar-refractivity contribution in [2.45, 2.75) is 13.5 Å². The summed E-state index contributed by atoms with van der Waals surface area (Å²) < 4.78 is 2.11. The molecule has 0 bridgehead atoms. The van der Waals surface area contributed by atoms with Gasteiger partial charge in [0, 0.05) is 13.1 Å². The lowest BCUT2D eigenvalue weighted by Crippen LogP contribution is -2.28. The Morgan fingerprint density at radius 3 is 3.00 bits per heavy atom. The van der Waals surface area contributed by atoms with Gasteiger partial charge in [-0.05, 0) is 19.1 Å². The minimum atomic E-state index is 0.00655. The molecule has 0 aliphatic heterocycles. The first-order valence-electron chi connectivity index (χ1n) is 5.47. The molecule has 0 aliphatic rings. The molecule has 2 rings (SSSR count). The van der Waals surface area contributed by atoms with Crippen molar-refractivity contribution in [3.63, 3.8) is 0 Å². The molecular formula is C12H14BrN3O. The van der Waals surface area contributed by atoms with Gasteiger partial charge in [-0.3, -0.25) is 4.79 Å². The van der Waals surface area contributed by atoms with Crippen molar-refractivity contribution in [1.82, 2.24) is 14.9 Å². The fraction of sp³-hybridized carbons (Fsp3) is 0.333. The van der Waals surface area contributed by atoms with Crippen LogP contribution < -0.4 is 5.32 Å². The largest absolute Gasteiger partial charge is 0.354 e. The zero-order valence-electron chi connectivity index (χ0n) is 9.61. The third-order valence-electron chi connectivity index (χ3n) is 2.62. The van der Waals surface area contributed by atoms with Crippen molar-refractivity contribution >= 4 is 32.9 Å². The minimum absolute atomic E-state index is 0.00655. The number of hydrogen-bond acceptors (Lipinski definition) is 2. The Hall–Kier alpha value is -1.36. The summed E-state index contributed by atoms with van der Waals surface area (Å²) in [5, 5.41) is 3.17. The number of rotatable bonds is 4. The smallest absolute Gasteiger partial charge is 0.230 e. The second kappa shape index (κ2) is 5.31. The van der Waals surface area contributed by atoms with E-state index in [9.17, 15) is 4.79 Å². The predicted molar refractivity (Wildman–Crippen MR) is 71.3 cm³/mol. The van der Waals surface area contributed by atoms with Crippen LogP contribution in [0.3, 0.4) is 0 Å². The highest BCUT2D eigenvalue weighted by Crippen LogP contribution is 2.14. The van der Waals surface area contributed by atoms with Crippen LogP contribution in [0.25, 0.3) is 11.0 Å². The molecule has 0 spiro atoms. The number of nitrogens with zero attached hydrogens (tertiary/aromatic N) is 2. The predicted octanol–water partition coefficient (Wildman–Crippen LogP) is 1.86. The molecule has 0 fully saturated rings. The van der Waals surface area contributed by atoms with Crippen LogP contribution in [0.1, 0.15) is 5.82 Å². The van der Waals surface area contributed by atoms with E-state index in [1.54, 1.807) is 0 Å². The molecule has 5 heteroatoms. The van der Waals surface area contributed by atoms with Crippen molar-refractivity contribution in [3.8, 4) is 0 Å². The summed E-state index contributed by atoms with van der Waals surface area (Å²) in [4.78, 5) is 15.6. The maximum atomic E-state index is 11.1. The minimum Gasteiger partial charge on any atom is -0.354 e. The van der Waals surface area contributed by atoms with Gasteiger partial charge in [0.2, 0.25) is 5.91 Å². The van der Waals surface area contributed by atoms with E-state index >= 15 is 0 Å². The molecule has 1 N–H and O–H groups in total. The third kappa shape index (κ3) is 2.66. The van der Waals surface area contributed by atoms with Crippen molar-refractivity contribution in [1.29, 1.82) is 0 Å². The highest BCUT2D eigenvalue weighted by atomic mass is 79.9. The van der Waals surface area contributed by atoms with Gasteiger partial charge in [-0.1, -0.05) is 28.1 Å². The Morgan fingerprint density at radius 2 is 2.24 bits per heavy atom. The number of alkyl halides is 1. The fourth-order valence-corrected chi connectivity index (χ4v) is 2.03. The zero-order valence-corrected chi connectivity index (χ0v) is 11.2. The molecule has 2 aromatic rings. The summed E-state index contributed by atoms with van der Waals surface area (Å²) >= 11 is 3.12. The molecule has 90 valence electrons. The van der Waals surface area contributed by atoms with Gasteiger partial charge in [0.1, 0.15) is 5.82 Å². The van der Waals surface area contributed by atoms with Gasteiger partial charge in [-0.15, -0.1) is 0 Å². The fourth-order valence-electron chi connectivity index (χ4n) is 1.83. The molecule has 0 atom stereocenters. The highest BCUT2D eigenvalue weighted by molar-refractivity contribution is 9.09. The molecule has 1 amide bonds. The maximum absolute atomic E-state index is 11.1. The number of halogens is 1. The first kappa shape index (κ1) is 12.1. The number of aromatic nitrogens is 2. The molecule has 4 nitrogen and oxygen atoms in total. The maximum Gasteiger partial charge on any atom is 0.230 e. The van der Waals surface area contributed by atoms with Crippen LogP contribution >= 0.6 is 15.9 Å². The monoisotopic (exact) mass is 295 g/mol. The first-order chi connectivity index (χ1) is 8.22. The van der Waals surface area contributed by atoms with Gasteiger partial charge in [0.25, 0.3) is 0 Å². The lowest BCUT2D eigenvalue weighted by molar-refractivity contribution is -0.118. The number of para-hydroxylation sites is 2. The summed E-state index contributed by atoms with van der Waals surface area (Å²) in [5.74, 6) is 0.978. The number of hydrogen-bond donors (Lipinski definition) is 1. The summed E-state index contributed by atoms with van der Waals surface area (Å²) in [5.41, 5.74) is 2.11. The molecule has 0 radical (unpaired) electrons. The molecule has 17 heavy (non-hydrogen) atoms. The number of amides is 1. The van der Waals surface area contributed by atoms with E-state index in [2.05, 4.69) is 30.8 Å². The number of fused-ring (bicyclic) bond motifs is 1. The van der Waals surface area contributed by atoms with E-state index in [0.29, 0.717) is 11.9 Å². The molecule has 1 heterocycles. The number of carbonyl (C=O) groups is 1. The van der Waals surface area contributed by atoms with E-state index in [0.717, 1.165) is 23.4 Å². The van der Waals surface area contributed by atoms with Crippen molar-refractivity contribution < 1.29 is 4.79 Å². The van der Waals surface area contributed by atoms with E-state index in [1.165, 1.54) is 0 Å². The summed E-state index contributed by atoms with van der Waals surface area (Å²) in [7, 11) is 0. The number of benzene rings is 1. The second-order valence-corrected chi connectivity index (χ2v) is 4.34. The quantitative estimate of drug-likeness (QED) is 0.875. The molecule has 0 aliphatic carbocycles. The van der Waals surface area contributed by atoms with Crippen LogP contribution in [0.15, 0.2) is 24.3 Å². The van der Waals surface area contributed by atoms with Crippen LogP contribution in [0.2, 0.25) is 0 Å². The summed E-state index contributed by atoms with van der Waals surface area (Å²) in [6, 6.07) is 8.01. The van der Waals surface area contributed by atoms with E-state index in [1.807, 2.05) is 31.2 Å². The van der Waals surface area contributed by atoms with Gasteiger partial charge >= 0.3 is 0 Å². The third-order valence-corrected chi connectivity index (χ3v) is 3.13. The summed E-state index contributed by atoms with van der Waals surface area (Å²) in [6.45, 7) is 3.34. The summed E-state index contributed by atoms with van der Waals surface area (Å²) in [6.07, 6.45) is 0. The van der Waals surface area contributed by atoms with Crippen LogP contribution in [0, 0.1) is 6.92 Å². The topological polar surface area (TPSA) is 46.9 Å². The van der Waals surface area contributed by atoms with Crippen LogP contribution in [0.4, 0.5) is 0 Å². The molecule has 0 saturated carbocycles. The Kier molecular flexibility index (Phi) is 3.78. The Labute approximate surface area is 108 Å². The standard InChI is InChI=1S/C12H14BrN3O/c1-9-15-10-4-2-3-5-11(10)16(9)7-6-14-12(17)8-13/h2-5H,6-8H2,1H3,(H,14,17). The van der Waals surface area contributed by atoms with Gasteiger partial charge in [-0.25, -0.2) is 4.98 Å². The molecule has 0 unspecified atom stereocenters. The van der Waals surface area contributed by atoms with Gasteiger partial charge in [0.15, 0.2) is 0 Å². The average Bonchev–Trinajstić information content (AvgIpc) is 2.66. The first-order valence-corrected chi connectivity index (χ1v) is 6.59. The Balaban J connectivity index is 2.12. The van der Waals surface area contributed by atoms with E-state index in [4.69, 9.17) is 0 Å². The number of nitrogens with one attached hydrogen (secondary N) is 1. The Bertz CT molecular complexity index is 536. The Morgan fingerprint density at radius 1 is 1.47 bits per heavy atom. The number of carbonyl (C=O) groups excluding carboxylic acids is 1. The number of aryl methyl sites for hydroxylation is 1. The van der Waals surface area contributed by atoms with Crippen LogP contribution in [-0.2, 0) is 11.3 Å². The van der Waals surface area contributed by atoms with Gasteiger partial charge in [0.05, 0.1) is 16.4 Å². The van der Waals surface area contributed by atoms with E-state index < -0.39 is 0 Å². The molecule has 1 aromatic carbocycles. The molecular weight excluding hydrogens is 282 g/mol. The van der Waals surface area contributed by atoms with Crippen molar-refractivity contribution in [2.24, 2.45) is 0 Å². The van der Waals surface area contributed by atoms with Crippen LogP contribution in [-0.4, -0.2) is 27.3 Å². The molecule has 1 aromatic heterocycles. The lowest BCUT2D eigenvalue weighted by Gasteiger charge is -2.07. The van der Waals surface area contributed by atoms with Crippen molar-refractivity contribution in [2.75, 3.05) is 11.9 Å². The highest BCUT2D eigenvalue weighted by Gasteiger charge is 2.06. The van der Waals surface area contributed by atoms with E-state index in [-0.39, 0.29) is 5.91 Å². The lowest BCUT2D eigenvalue weighted by atomic mass is 10.3. The normalized spacial score (nSPS) is 10.7. The zero-order chi connectivity index (χ0) is 12.3. The molecule has 0 saturated heterocycles. The SMILES string of the molecule is Cc1nc2ccccc2n1CCNC(=O)CBr. The second-order valence-electron chi connectivity index (χ2n) is 3.78. The number of imidazole rings is 1. The van der Waals surface area contributed by atoms with Gasteiger partial charge in [-0.2, -0.15) is 0 Å². The van der Waals surface area contributed by atoms with Gasteiger partial charge < -0.3 is 9.88 Å².